The Morgan fingerprint density at radius 3 is 2.22 bits per heavy atom. The number of hydrogen-bond donors (Lipinski definition) is 1. The van der Waals surface area contributed by atoms with E-state index in [9.17, 15) is 0 Å². The predicted octanol–water partition coefficient (Wildman–Crippen LogP) is 5.16. The lowest BCUT2D eigenvalue weighted by Gasteiger charge is -2.02. The highest BCUT2D eigenvalue weighted by Crippen LogP contribution is 2.36. The van der Waals surface area contributed by atoms with Crippen molar-refractivity contribution in [3.63, 3.8) is 0 Å². The Hall–Kier alpha value is -1.23. The summed E-state index contributed by atoms with van der Waals surface area (Å²) >= 11 is 3.44. The van der Waals surface area contributed by atoms with Gasteiger partial charge in [0.25, 0.3) is 0 Å². The van der Waals surface area contributed by atoms with Crippen molar-refractivity contribution in [3.05, 3.63) is 52.2 Å². The van der Waals surface area contributed by atoms with Crippen LogP contribution in [0.15, 0.2) is 46.0 Å². The van der Waals surface area contributed by atoms with Crippen molar-refractivity contribution in [3.8, 4) is 0 Å². The average Bonchev–Trinajstić information content (AvgIpc) is 3.12. The van der Waals surface area contributed by atoms with Gasteiger partial charge in [-0.2, -0.15) is 0 Å². The topological polar surface area (TPSA) is 29.3 Å². The molecule has 1 fully saturated rings. The molecule has 1 aliphatic heterocycles. The molecule has 1 aromatic heterocycles. The van der Waals surface area contributed by atoms with Gasteiger partial charge in [-0.15, -0.1) is 11.3 Å². The third-order valence-corrected chi connectivity index (χ3v) is 6.32. The first kappa shape index (κ1) is 18.1. The minimum Gasteiger partial charge on any atom is -0.398 e. The van der Waals surface area contributed by atoms with Crippen LogP contribution in [0.5, 0.6) is 0 Å². The molecular formula is C19H26N2S2. The summed E-state index contributed by atoms with van der Waals surface area (Å²) in [6.45, 7) is 10.6. The van der Waals surface area contributed by atoms with Gasteiger partial charge in [-0.05, 0) is 64.5 Å². The van der Waals surface area contributed by atoms with Gasteiger partial charge >= 0.3 is 0 Å². The maximum atomic E-state index is 5.75. The van der Waals surface area contributed by atoms with Crippen LogP contribution in [-0.2, 0) is 0 Å². The molecule has 0 spiro atoms. The van der Waals surface area contributed by atoms with Gasteiger partial charge in [-0.3, -0.25) is 0 Å². The smallest absolute Gasteiger partial charge is 0.0534 e. The van der Waals surface area contributed by atoms with E-state index >= 15 is 0 Å². The van der Waals surface area contributed by atoms with Gasteiger partial charge in [-0.1, -0.05) is 36.0 Å². The number of thiophene rings is 1. The first-order valence-corrected chi connectivity index (χ1v) is 9.63. The molecule has 124 valence electrons. The lowest BCUT2D eigenvalue weighted by molar-refractivity contribution is 0.418. The maximum absolute atomic E-state index is 5.75. The Balaban J connectivity index is 0.000000268. The first-order valence-electron chi connectivity index (χ1n) is 7.93. The van der Waals surface area contributed by atoms with Crippen molar-refractivity contribution in [2.75, 3.05) is 20.1 Å². The normalized spacial score (nSPS) is 14.4. The molecule has 3 rings (SSSR count). The number of rotatable bonds is 3. The van der Waals surface area contributed by atoms with E-state index in [-0.39, 0.29) is 0 Å². The largest absolute Gasteiger partial charge is 0.398 e. The zero-order valence-corrected chi connectivity index (χ0v) is 15.9. The number of aryl methyl sites for hydroxylation is 1. The van der Waals surface area contributed by atoms with E-state index in [1.54, 1.807) is 23.1 Å². The lowest BCUT2D eigenvalue weighted by Crippen LogP contribution is -2.10. The van der Waals surface area contributed by atoms with Crippen molar-refractivity contribution < 1.29 is 0 Å². The highest BCUT2D eigenvalue weighted by atomic mass is 32.2. The fourth-order valence-electron chi connectivity index (χ4n) is 2.43. The summed E-state index contributed by atoms with van der Waals surface area (Å²) in [7, 11) is 2.17. The second-order valence-corrected chi connectivity index (χ2v) is 8.00. The molecule has 0 unspecified atom stereocenters. The van der Waals surface area contributed by atoms with Crippen molar-refractivity contribution in [1.82, 2.24) is 4.90 Å². The van der Waals surface area contributed by atoms with Crippen LogP contribution in [0.25, 0.3) is 5.70 Å². The van der Waals surface area contributed by atoms with Crippen LogP contribution < -0.4 is 5.73 Å². The summed E-state index contributed by atoms with van der Waals surface area (Å²) in [5.74, 6) is 0. The van der Waals surface area contributed by atoms with Crippen molar-refractivity contribution >= 4 is 28.8 Å². The number of benzene rings is 1. The van der Waals surface area contributed by atoms with Gasteiger partial charge in [0.05, 0.1) is 4.88 Å². The SMILES string of the molecule is C=C(N)c1scc(Sc2ccc(C)cc2)c1C.CN1CCCC1. The van der Waals surface area contributed by atoms with Gasteiger partial charge in [-0.25, -0.2) is 0 Å². The van der Waals surface area contributed by atoms with Crippen LogP contribution >= 0.6 is 23.1 Å². The molecule has 2 nitrogen and oxygen atoms in total. The molecule has 0 atom stereocenters. The standard InChI is InChI=1S/C14H15NS2.C5H11N/c1-9-4-6-12(7-5-9)17-13-8-16-14(10(13)2)11(3)15;1-6-4-2-3-5-6/h4-8H,3,15H2,1-2H3;2-5H2,1H3. The Kier molecular flexibility index (Phi) is 6.75. The quantitative estimate of drug-likeness (QED) is 0.832. The molecule has 2 aromatic rings. The average molecular weight is 347 g/mol. The van der Waals surface area contributed by atoms with E-state index in [0.29, 0.717) is 5.70 Å². The monoisotopic (exact) mass is 346 g/mol. The first-order chi connectivity index (χ1) is 11.0. The van der Waals surface area contributed by atoms with Crippen molar-refractivity contribution in [1.29, 1.82) is 0 Å². The molecule has 2 heterocycles. The van der Waals surface area contributed by atoms with Crippen molar-refractivity contribution in [2.24, 2.45) is 5.73 Å². The van der Waals surface area contributed by atoms with Crippen LogP contribution in [0.2, 0.25) is 0 Å². The Morgan fingerprint density at radius 2 is 1.78 bits per heavy atom. The van der Waals surface area contributed by atoms with Crippen LogP contribution in [0.1, 0.15) is 28.8 Å². The molecule has 2 N–H and O–H groups in total. The Labute approximate surface area is 148 Å². The number of hydrogen-bond acceptors (Lipinski definition) is 4. The molecule has 0 saturated carbocycles. The fourth-order valence-corrected chi connectivity index (χ4v) is 4.45. The van der Waals surface area contributed by atoms with Gasteiger partial charge in [0, 0.05) is 20.9 Å². The van der Waals surface area contributed by atoms with Gasteiger partial charge in [0.1, 0.15) is 0 Å². The highest BCUT2D eigenvalue weighted by molar-refractivity contribution is 7.99. The number of nitrogens with zero attached hydrogens (tertiary/aromatic N) is 1. The number of nitrogens with two attached hydrogens (primary N) is 1. The highest BCUT2D eigenvalue weighted by Gasteiger charge is 2.09. The zero-order valence-electron chi connectivity index (χ0n) is 14.3. The second-order valence-electron chi connectivity index (χ2n) is 6.00. The fraction of sp³-hybridized carbons (Fsp3) is 0.368. The second kappa shape index (κ2) is 8.57. The maximum Gasteiger partial charge on any atom is 0.0534 e. The summed E-state index contributed by atoms with van der Waals surface area (Å²) in [5, 5.41) is 2.15. The molecule has 0 aliphatic carbocycles. The Morgan fingerprint density at radius 1 is 1.17 bits per heavy atom. The minimum atomic E-state index is 0.656. The van der Waals surface area contributed by atoms with E-state index in [4.69, 9.17) is 5.73 Å². The molecule has 1 aliphatic rings. The summed E-state index contributed by atoms with van der Waals surface area (Å²) in [4.78, 5) is 5.98. The van der Waals surface area contributed by atoms with E-state index < -0.39 is 0 Å². The summed E-state index contributed by atoms with van der Waals surface area (Å²) < 4.78 is 0. The summed E-state index contributed by atoms with van der Waals surface area (Å²) in [6.07, 6.45) is 2.83. The molecule has 1 saturated heterocycles. The van der Waals surface area contributed by atoms with Crippen LogP contribution in [-0.4, -0.2) is 25.0 Å². The van der Waals surface area contributed by atoms with E-state index in [1.165, 1.54) is 46.8 Å². The van der Waals surface area contributed by atoms with E-state index in [1.807, 2.05) is 0 Å². The van der Waals surface area contributed by atoms with Crippen molar-refractivity contribution in [2.45, 2.75) is 36.5 Å². The van der Waals surface area contributed by atoms with Crippen LogP contribution in [0.3, 0.4) is 0 Å². The summed E-state index contributed by atoms with van der Waals surface area (Å²) in [5.41, 5.74) is 8.92. The Bertz CT molecular complexity index is 638. The third-order valence-electron chi connectivity index (χ3n) is 3.86. The van der Waals surface area contributed by atoms with Crippen LogP contribution in [0, 0.1) is 13.8 Å². The molecule has 4 heteroatoms. The predicted molar refractivity (Wildman–Crippen MR) is 104 cm³/mol. The molecular weight excluding hydrogens is 320 g/mol. The molecule has 0 bridgehead atoms. The lowest BCUT2D eigenvalue weighted by atomic mass is 10.2. The number of likely N-dealkylation sites (tertiary alicyclic amines) is 1. The summed E-state index contributed by atoms with van der Waals surface area (Å²) in [6, 6.07) is 8.56. The minimum absolute atomic E-state index is 0.656. The van der Waals surface area contributed by atoms with Crippen LogP contribution in [0.4, 0.5) is 0 Å². The zero-order chi connectivity index (χ0) is 16.8. The van der Waals surface area contributed by atoms with Gasteiger partial charge < -0.3 is 10.6 Å². The molecule has 23 heavy (non-hydrogen) atoms. The van der Waals surface area contributed by atoms with Gasteiger partial charge in [0.15, 0.2) is 0 Å². The molecule has 1 aromatic carbocycles. The molecule has 0 amide bonds. The van der Waals surface area contributed by atoms with Gasteiger partial charge in [0.2, 0.25) is 0 Å². The van der Waals surface area contributed by atoms with E-state index in [2.05, 4.69) is 62.0 Å². The third kappa shape index (κ3) is 5.41. The van der Waals surface area contributed by atoms with E-state index in [0.717, 1.165) is 4.88 Å². The molecule has 0 radical (unpaired) electrons.